The molecule has 0 fully saturated rings. The molecule has 0 bridgehead atoms. The van der Waals surface area contributed by atoms with Gasteiger partial charge in [-0.05, 0) is 85.8 Å². The summed E-state index contributed by atoms with van der Waals surface area (Å²) in [5, 5.41) is 6.44. The fourth-order valence-electron chi connectivity index (χ4n) is 7.75. The maximum absolute atomic E-state index is 8.92. The number of hydrogen-bond donors (Lipinski definition) is 0. The second kappa shape index (κ2) is 11.5. The maximum atomic E-state index is 8.92. The molecule has 2 aromatic heterocycles. The van der Waals surface area contributed by atoms with Gasteiger partial charge in [0, 0.05) is 32.2 Å². The van der Waals surface area contributed by atoms with Gasteiger partial charge in [-0.15, -0.1) is 11.3 Å². The standard InChI is InChI=1S/C47H32N2S/c1-2-44-48-39-22-10-12-24-41(39)49(44)40-23-11-8-19-35(40)45-32-17-6-7-18-33(32)46(38-29-31(27-28-34(38)45)30-15-4-3-5-16-30)37-21-14-26-43-47(37)36-20-9-13-25-42(36)50-43/h3-29H,2H2,1H3/i3D,4D,5D,15D,16D. The molecule has 0 unspecified atom stereocenters. The third-order valence-electron chi connectivity index (χ3n) is 9.85. The molecule has 3 heteroatoms. The fraction of sp³-hybridized carbons (Fsp3) is 0.0426. The zero-order chi connectivity index (χ0) is 37.5. The molecular formula is C47H32N2S. The Morgan fingerprint density at radius 3 is 2.08 bits per heavy atom. The minimum absolute atomic E-state index is 0.186. The molecule has 0 atom stereocenters. The monoisotopic (exact) mass is 661 g/mol. The average molecular weight is 662 g/mol. The Bertz CT molecular complexity index is 3190. The van der Waals surface area contributed by atoms with E-state index >= 15 is 0 Å². The second-order valence-corrected chi connectivity index (χ2v) is 13.6. The molecule has 2 heterocycles. The van der Waals surface area contributed by atoms with Crippen LogP contribution in [0.2, 0.25) is 0 Å². The Morgan fingerprint density at radius 1 is 0.580 bits per heavy atom. The smallest absolute Gasteiger partial charge is 0.114 e. The molecule has 0 N–H and O–H groups in total. The van der Waals surface area contributed by atoms with Crippen LogP contribution in [0.25, 0.3) is 91.8 Å². The van der Waals surface area contributed by atoms with Crippen LogP contribution in [0.15, 0.2) is 164 Å². The van der Waals surface area contributed by atoms with Crippen molar-refractivity contribution in [2.75, 3.05) is 0 Å². The third-order valence-corrected chi connectivity index (χ3v) is 11.0. The van der Waals surface area contributed by atoms with Crippen molar-refractivity contribution in [2.24, 2.45) is 0 Å². The summed E-state index contributed by atoms with van der Waals surface area (Å²) in [6.07, 6.45) is 0.753. The van der Waals surface area contributed by atoms with Crippen molar-refractivity contribution < 1.29 is 6.85 Å². The minimum atomic E-state index is -0.403. The van der Waals surface area contributed by atoms with Gasteiger partial charge in [0.05, 0.1) is 23.6 Å². The summed E-state index contributed by atoms with van der Waals surface area (Å²) in [5.41, 5.74) is 7.98. The van der Waals surface area contributed by atoms with Gasteiger partial charge in [0.15, 0.2) is 0 Å². The highest BCUT2D eigenvalue weighted by atomic mass is 32.1. The van der Waals surface area contributed by atoms with Gasteiger partial charge >= 0.3 is 0 Å². The molecule has 0 aliphatic heterocycles. The number of hydrogen-bond acceptors (Lipinski definition) is 2. The summed E-state index contributed by atoms with van der Waals surface area (Å²) in [5.74, 6) is 0.971. The van der Waals surface area contributed by atoms with Gasteiger partial charge in [0.1, 0.15) is 5.82 Å². The first-order valence-corrected chi connectivity index (χ1v) is 17.7. The van der Waals surface area contributed by atoms with Crippen LogP contribution < -0.4 is 0 Å². The van der Waals surface area contributed by atoms with E-state index in [1.165, 1.54) is 20.2 Å². The third kappa shape index (κ3) is 4.37. The van der Waals surface area contributed by atoms with Crippen LogP contribution in [0, 0.1) is 0 Å². The highest BCUT2D eigenvalue weighted by Gasteiger charge is 2.23. The highest BCUT2D eigenvalue weighted by Crippen LogP contribution is 2.49. The Kier molecular flexibility index (Phi) is 5.58. The van der Waals surface area contributed by atoms with E-state index < -0.39 is 6.04 Å². The van der Waals surface area contributed by atoms with Crippen LogP contribution in [-0.4, -0.2) is 9.55 Å². The van der Waals surface area contributed by atoms with Crippen molar-refractivity contribution >= 4 is 64.1 Å². The topological polar surface area (TPSA) is 17.8 Å². The van der Waals surface area contributed by atoms with E-state index in [0.29, 0.717) is 5.56 Å². The maximum Gasteiger partial charge on any atom is 0.114 e. The van der Waals surface area contributed by atoms with Crippen LogP contribution in [0.1, 0.15) is 19.6 Å². The molecular weight excluding hydrogens is 625 g/mol. The SMILES string of the molecule is [2H]c1c([2H])c([2H])c(-c2ccc3c(-c4ccccc4-n4c(CC)nc5ccccc54)c4ccccc4c(-c4cccc5sc6ccccc6c45)c3c2)c([2H])c1[2H]. The molecule has 0 radical (unpaired) electrons. The summed E-state index contributed by atoms with van der Waals surface area (Å²) < 4.78 is 47.8. The lowest BCUT2D eigenvalue weighted by atomic mass is 9.83. The Balaban J connectivity index is 1.39. The molecule has 0 spiro atoms. The first-order chi connectivity index (χ1) is 26.9. The normalized spacial score (nSPS) is 13.2. The largest absolute Gasteiger partial charge is 0.296 e. The van der Waals surface area contributed by atoms with Crippen molar-refractivity contribution in [1.82, 2.24) is 9.55 Å². The van der Waals surface area contributed by atoms with E-state index in [-0.39, 0.29) is 29.7 Å². The molecule has 8 aromatic carbocycles. The summed E-state index contributed by atoms with van der Waals surface area (Å²) in [6.45, 7) is 2.13. The number of nitrogens with zero attached hydrogens (tertiary/aromatic N) is 2. The molecule has 0 aliphatic carbocycles. The summed E-state index contributed by atoms with van der Waals surface area (Å²) in [4.78, 5) is 5.04. The van der Waals surface area contributed by atoms with E-state index in [4.69, 9.17) is 11.8 Å². The zero-order valence-electron chi connectivity index (χ0n) is 32.2. The predicted molar refractivity (Wildman–Crippen MR) is 215 cm³/mol. The molecule has 236 valence electrons. The highest BCUT2D eigenvalue weighted by molar-refractivity contribution is 7.25. The average Bonchev–Trinajstić information content (AvgIpc) is 3.80. The lowest BCUT2D eigenvalue weighted by molar-refractivity contribution is 0.909. The van der Waals surface area contributed by atoms with Gasteiger partial charge < -0.3 is 0 Å². The minimum Gasteiger partial charge on any atom is -0.296 e. The van der Waals surface area contributed by atoms with Gasteiger partial charge in [0.2, 0.25) is 0 Å². The molecule has 10 rings (SSSR count). The van der Waals surface area contributed by atoms with Crippen LogP contribution >= 0.6 is 11.3 Å². The number of thiophene rings is 1. The van der Waals surface area contributed by atoms with Crippen molar-refractivity contribution in [1.29, 1.82) is 0 Å². The Labute approximate surface area is 301 Å². The predicted octanol–water partition coefficient (Wildman–Crippen LogP) is 13.3. The number of aromatic nitrogens is 2. The van der Waals surface area contributed by atoms with Gasteiger partial charge in [-0.25, -0.2) is 4.98 Å². The van der Waals surface area contributed by atoms with Crippen LogP contribution in [0.4, 0.5) is 0 Å². The number of aryl methyl sites for hydroxylation is 1. The van der Waals surface area contributed by atoms with Crippen LogP contribution in [0.5, 0.6) is 0 Å². The fourth-order valence-corrected chi connectivity index (χ4v) is 8.89. The van der Waals surface area contributed by atoms with E-state index in [1.807, 2.05) is 18.2 Å². The van der Waals surface area contributed by atoms with Gasteiger partial charge in [-0.2, -0.15) is 0 Å². The van der Waals surface area contributed by atoms with Crippen molar-refractivity contribution in [3.05, 3.63) is 169 Å². The molecule has 2 nitrogen and oxygen atoms in total. The van der Waals surface area contributed by atoms with E-state index in [0.717, 1.165) is 72.8 Å². The van der Waals surface area contributed by atoms with Crippen molar-refractivity contribution in [2.45, 2.75) is 13.3 Å². The molecule has 10 aromatic rings. The van der Waals surface area contributed by atoms with Gasteiger partial charge in [0.25, 0.3) is 0 Å². The quantitative estimate of drug-likeness (QED) is 0.168. The van der Waals surface area contributed by atoms with Gasteiger partial charge in [-0.1, -0.05) is 134 Å². The van der Waals surface area contributed by atoms with Crippen LogP contribution in [-0.2, 0) is 6.42 Å². The van der Waals surface area contributed by atoms with E-state index in [2.05, 4.69) is 127 Å². The molecule has 0 aliphatic rings. The van der Waals surface area contributed by atoms with Crippen molar-refractivity contribution in [3.63, 3.8) is 0 Å². The van der Waals surface area contributed by atoms with Gasteiger partial charge in [-0.3, -0.25) is 4.57 Å². The lowest BCUT2D eigenvalue weighted by Gasteiger charge is -2.21. The first-order valence-electron chi connectivity index (χ1n) is 19.4. The Morgan fingerprint density at radius 2 is 1.24 bits per heavy atom. The number of para-hydroxylation sites is 3. The number of imidazole rings is 1. The van der Waals surface area contributed by atoms with Crippen molar-refractivity contribution in [3.8, 4) is 39.1 Å². The Hall–Kier alpha value is -6.03. The molecule has 0 saturated carbocycles. The lowest BCUT2D eigenvalue weighted by Crippen LogP contribution is -2.03. The van der Waals surface area contributed by atoms with Crippen LogP contribution in [0.3, 0.4) is 0 Å². The number of benzene rings is 8. The first kappa shape index (κ1) is 24.2. The molecule has 0 saturated heterocycles. The summed E-state index contributed by atoms with van der Waals surface area (Å²) in [7, 11) is 0. The summed E-state index contributed by atoms with van der Waals surface area (Å²) >= 11 is 1.78. The zero-order valence-corrected chi connectivity index (χ0v) is 28.0. The van der Waals surface area contributed by atoms with E-state index in [9.17, 15) is 0 Å². The summed E-state index contributed by atoms with van der Waals surface area (Å²) in [6, 6.07) is 44.8. The second-order valence-electron chi connectivity index (χ2n) is 12.6. The molecule has 0 amide bonds. The van der Waals surface area contributed by atoms with E-state index in [1.54, 1.807) is 11.3 Å². The molecule has 50 heavy (non-hydrogen) atoms. The number of rotatable bonds is 5. The number of fused-ring (bicyclic) bond motifs is 6.